The van der Waals surface area contributed by atoms with Crippen molar-refractivity contribution in [1.82, 2.24) is 19.2 Å². The summed E-state index contributed by atoms with van der Waals surface area (Å²) in [6, 6.07) is 17.9. The third kappa shape index (κ3) is 3.73. The molecule has 2 heterocycles. The zero-order valence-electron chi connectivity index (χ0n) is 16.0. The number of carbonyl (C=O) groups is 1. The van der Waals surface area contributed by atoms with E-state index in [-0.39, 0.29) is 18.0 Å². The molecule has 0 atom stereocenters. The molecule has 2 aromatic heterocycles. The Labute approximate surface area is 166 Å². The van der Waals surface area contributed by atoms with Crippen LogP contribution in [-0.2, 0) is 11.3 Å². The van der Waals surface area contributed by atoms with Crippen molar-refractivity contribution in [2.24, 2.45) is 0 Å². The summed E-state index contributed by atoms with van der Waals surface area (Å²) < 4.78 is 8.00. The van der Waals surface area contributed by atoms with Crippen LogP contribution < -0.4 is 15.6 Å². The quantitative estimate of drug-likeness (QED) is 0.566. The van der Waals surface area contributed by atoms with Gasteiger partial charge in [0.15, 0.2) is 5.82 Å². The molecule has 0 aliphatic rings. The number of amides is 1. The van der Waals surface area contributed by atoms with E-state index in [4.69, 9.17) is 4.74 Å². The largest absolute Gasteiger partial charge is 0.497 e. The molecule has 0 unspecified atom stereocenters. The van der Waals surface area contributed by atoms with Crippen LogP contribution in [0.4, 0.5) is 5.69 Å². The van der Waals surface area contributed by atoms with Crippen molar-refractivity contribution in [3.05, 3.63) is 76.7 Å². The van der Waals surface area contributed by atoms with Crippen molar-refractivity contribution in [1.29, 1.82) is 0 Å². The lowest BCUT2D eigenvalue weighted by atomic mass is 10.2. The summed E-state index contributed by atoms with van der Waals surface area (Å²) in [5, 5.41) is 7.16. The molecule has 1 N–H and O–H groups in total. The first-order valence-corrected chi connectivity index (χ1v) is 9.02. The summed E-state index contributed by atoms with van der Waals surface area (Å²) in [6.07, 6.45) is 0. The molecule has 8 nitrogen and oxygen atoms in total. The second-order valence-electron chi connectivity index (χ2n) is 6.50. The maximum absolute atomic E-state index is 12.6. The summed E-state index contributed by atoms with van der Waals surface area (Å²) in [7, 11) is 1.58. The Bertz CT molecular complexity index is 1230. The number of hydrogen-bond donors (Lipinski definition) is 1. The third-order valence-corrected chi connectivity index (χ3v) is 4.51. The molecule has 0 fully saturated rings. The lowest BCUT2D eigenvalue weighted by Gasteiger charge is -2.12. The zero-order valence-corrected chi connectivity index (χ0v) is 16.0. The lowest BCUT2D eigenvalue weighted by molar-refractivity contribution is -0.116. The average molecular weight is 389 g/mol. The minimum Gasteiger partial charge on any atom is -0.497 e. The first kappa shape index (κ1) is 18.4. The number of fused-ring (bicyclic) bond motifs is 1. The fourth-order valence-corrected chi connectivity index (χ4v) is 3.03. The van der Waals surface area contributed by atoms with Crippen molar-refractivity contribution >= 4 is 17.4 Å². The van der Waals surface area contributed by atoms with Gasteiger partial charge in [0.2, 0.25) is 11.7 Å². The standard InChI is InChI=1S/C21H19N5O3/c1-14-12-19(28)26-21(23-20(24-26)15-6-4-3-5-7-15)25(14)13-18(27)22-16-8-10-17(29-2)11-9-16/h3-12H,13H2,1-2H3,(H,22,27). The van der Waals surface area contributed by atoms with Gasteiger partial charge < -0.3 is 14.6 Å². The number of nitrogens with zero attached hydrogens (tertiary/aromatic N) is 4. The molecule has 2 aromatic carbocycles. The molecule has 0 radical (unpaired) electrons. The lowest BCUT2D eigenvalue weighted by Crippen LogP contribution is -2.25. The van der Waals surface area contributed by atoms with Gasteiger partial charge in [0.05, 0.1) is 7.11 Å². The maximum atomic E-state index is 12.6. The van der Waals surface area contributed by atoms with E-state index in [2.05, 4.69) is 15.4 Å². The van der Waals surface area contributed by atoms with Gasteiger partial charge in [-0.1, -0.05) is 30.3 Å². The van der Waals surface area contributed by atoms with Crippen molar-refractivity contribution in [2.45, 2.75) is 13.5 Å². The van der Waals surface area contributed by atoms with Gasteiger partial charge in [0, 0.05) is 23.0 Å². The predicted molar refractivity (Wildman–Crippen MR) is 109 cm³/mol. The van der Waals surface area contributed by atoms with Gasteiger partial charge in [0.25, 0.3) is 5.56 Å². The molecule has 146 valence electrons. The van der Waals surface area contributed by atoms with Crippen LogP contribution in [0.1, 0.15) is 5.69 Å². The van der Waals surface area contributed by atoms with Crippen LogP contribution in [0, 0.1) is 6.92 Å². The maximum Gasteiger partial charge on any atom is 0.275 e. The van der Waals surface area contributed by atoms with Gasteiger partial charge in [-0.15, -0.1) is 5.10 Å². The minimum atomic E-state index is -0.293. The van der Waals surface area contributed by atoms with E-state index in [1.807, 2.05) is 30.3 Å². The Morgan fingerprint density at radius 2 is 1.83 bits per heavy atom. The predicted octanol–water partition coefficient (Wildman–Crippen LogP) is 2.51. The smallest absolute Gasteiger partial charge is 0.275 e. The molecule has 8 heteroatoms. The van der Waals surface area contributed by atoms with Gasteiger partial charge >= 0.3 is 0 Å². The number of aromatic nitrogens is 4. The topological polar surface area (TPSA) is 90.5 Å². The summed E-state index contributed by atoms with van der Waals surface area (Å²) in [4.78, 5) is 29.5. The number of hydrogen-bond acceptors (Lipinski definition) is 5. The second-order valence-corrected chi connectivity index (χ2v) is 6.50. The fraction of sp³-hybridized carbons (Fsp3) is 0.143. The second kappa shape index (κ2) is 7.59. The van der Waals surface area contributed by atoms with Gasteiger partial charge in [0.1, 0.15) is 12.3 Å². The van der Waals surface area contributed by atoms with Gasteiger partial charge in [-0.3, -0.25) is 9.59 Å². The Hall–Kier alpha value is -3.94. The molecule has 4 rings (SSSR count). The molecule has 0 saturated heterocycles. The monoisotopic (exact) mass is 389 g/mol. The van der Waals surface area contributed by atoms with Crippen molar-refractivity contribution in [3.63, 3.8) is 0 Å². The number of benzene rings is 2. The fourth-order valence-electron chi connectivity index (χ4n) is 3.03. The Morgan fingerprint density at radius 1 is 1.10 bits per heavy atom. The van der Waals surface area contributed by atoms with E-state index in [0.717, 1.165) is 5.56 Å². The van der Waals surface area contributed by atoms with Gasteiger partial charge in [-0.25, -0.2) is 0 Å². The Kier molecular flexibility index (Phi) is 4.82. The van der Waals surface area contributed by atoms with Gasteiger partial charge in [-0.05, 0) is 31.2 Å². The molecular weight excluding hydrogens is 370 g/mol. The van der Waals surface area contributed by atoms with Gasteiger partial charge in [-0.2, -0.15) is 9.50 Å². The summed E-state index contributed by atoms with van der Waals surface area (Å²) >= 11 is 0. The Morgan fingerprint density at radius 3 is 2.52 bits per heavy atom. The van der Waals surface area contributed by atoms with Crippen molar-refractivity contribution < 1.29 is 9.53 Å². The van der Waals surface area contributed by atoms with Crippen LogP contribution in [-0.4, -0.2) is 32.2 Å². The van der Waals surface area contributed by atoms with E-state index < -0.39 is 0 Å². The van der Waals surface area contributed by atoms with Crippen LogP contribution in [0.3, 0.4) is 0 Å². The highest BCUT2D eigenvalue weighted by Gasteiger charge is 2.15. The highest BCUT2D eigenvalue weighted by atomic mass is 16.5. The highest BCUT2D eigenvalue weighted by Crippen LogP contribution is 2.17. The van der Waals surface area contributed by atoms with Crippen LogP contribution in [0.25, 0.3) is 17.2 Å². The first-order chi connectivity index (χ1) is 14.0. The van der Waals surface area contributed by atoms with Crippen molar-refractivity contribution in [3.8, 4) is 17.1 Å². The molecule has 1 amide bonds. The third-order valence-electron chi connectivity index (χ3n) is 4.51. The van der Waals surface area contributed by atoms with Crippen molar-refractivity contribution in [2.75, 3.05) is 12.4 Å². The Balaban J connectivity index is 1.66. The number of anilines is 1. The average Bonchev–Trinajstić information content (AvgIpc) is 3.18. The highest BCUT2D eigenvalue weighted by molar-refractivity contribution is 5.90. The number of rotatable bonds is 5. The molecule has 0 bridgehead atoms. The van der Waals surface area contributed by atoms with Crippen LogP contribution in [0.5, 0.6) is 5.75 Å². The zero-order chi connectivity index (χ0) is 20.4. The molecule has 0 spiro atoms. The minimum absolute atomic E-state index is 0.00539. The van der Waals surface area contributed by atoms with E-state index in [9.17, 15) is 9.59 Å². The molecular formula is C21H19N5O3. The van der Waals surface area contributed by atoms with Crippen LogP contribution in [0.15, 0.2) is 65.5 Å². The summed E-state index contributed by atoms with van der Waals surface area (Å²) in [6.45, 7) is 1.76. The molecule has 0 aliphatic heterocycles. The molecule has 0 aliphatic carbocycles. The molecule has 29 heavy (non-hydrogen) atoms. The van der Waals surface area contributed by atoms with E-state index in [0.29, 0.717) is 28.7 Å². The number of nitrogens with one attached hydrogen (secondary N) is 1. The summed E-state index contributed by atoms with van der Waals surface area (Å²) in [5.41, 5.74) is 1.78. The van der Waals surface area contributed by atoms with Crippen LogP contribution >= 0.6 is 0 Å². The van der Waals surface area contributed by atoms with E-state index >= 15 is 0 Å². The molecule has 0 saturated carbocycles. The molecule has 4 aromatic rings. The van der Waals surface area contributed by atoms with E-state index in [1.165, 1.54) is 10.6 Å². The number of aryl methyl sites for hydroxylation is 1. The van der Waals surface area contributed by atoms with Crippen LogP contribution in [0.2, 0.25) is 0 Å². The summed E-state index contributed by atoms with van der Waals surface area (Å²) in [5.74, 6) is 1.21. The first-order valence-electron chi connectivity index (χ1n) is 9.02. The number of ether oxygens (including phenoxy) is 1. The SMILES string of the molecule is COc1ccc(NC(=O)Cn2c(C)cc(=O)n3nc(-c4ccccc4)nc23)cc1. The number of carbonyl (C=O) groups excluding carboxylic acids is 1. The number of methoxy groups -OCH3 is 1. The van der Waals surface area contributed by atoms with E-state index in [1.54, 1.807) is 42.9 Å². The normalized spacial score (nSPS) is 10.8.